The number of aryl methyl sites for hydroxylation is 1. The van der Waals surface area contributed by atoms with E-state index in [1.807, 2.05) is 0 Å². The van der Waals surface area contributed by atoms with Crippen LogP contribution in [0.5, 0.6) is 0 Å². The normalized spacial score (nSPS) is 20.4. The van der Waals surface area contributed by atoms with Crippen LogP contribution in [0.3, 0.4) is 0 Å². The van der Waals surface area contributed by atoms with E-state index in [-0.39, 0.29) is 11.9 Å². The Labute approximate surface area is 118 Å². The van der Waals surface area contributed by atoms with E-state index in [9.17, 15) is 4.79 Å². The molecule has 0 spiro atoms. The highest BCUT2D eigenvalue weighted by atomic mass is 32.1. The summed E-state index contributed by atoms with van der Waals surface area (Å²) in [6.45, 7) is 4.88. The van der Waals surface area contributed by atoms with Gasteiger partial charge < -0.3 is 4.74 Å². The van der Waals surface area contributed by atoms with Crippen molar-refractivity contribution in [2.75, 3.05) is 20.2 Å². The van der Waals surface area contributed by atoms with Gasteiger partial charge in [-0.2, -0.15) is 0 Å². The van der Waals surface area contributed by atoms with Crippen LogP contribution >= 0.6 is 11.3 Å². The van der Waals surface area contributed by atoms with Crippen LogP contribution in [0.25, 0.3) is 0 Å². The highest BCUT2D eigenvalue weighted by Crippen LogP contribution is 2.20. The molecule has 1 aromatic rings. The molecule has 1 aromatic heterocycles. The zero-order chi connectivity index (χ0) is 13.7. The number of methoxy groups -OCH3 is 1. The first-order valence-corrected chi connectivity index (χ1v) is 7.84. The van der Waals surface area contributed by atoms with Gasteiger partial charge in [-0.15, -0.1) is 11.3 Å². The molecule has 0 radical (unpaired) electrons. The Morgan fingerprint density at radius 3 is 3.21 bits per heavy atom. The first-order chi connectivity index (χ1) is 9.22. The Balaban J connectivity index is 1.89. The largest absolute Gasteiger partial charge is 0.469 e. The maximum Gasteiger partial charge on any atom is 0.309 e. The molecule has 0 N–H and O–H groups in total. The van der Waals surface area contributed by atoms with E-state index < -0.39 is 0 Å². The predicted molar refractivity (Wildman–Crippen MR) is 76.1 cm³/mol. The molecule has 106 valence electrons. The maximum atomic E-state index is 11.6. The minimum absolute atomic E-state index is 0.0347. The van der Waals surface area contributed by atoms with E-state index >= 15 is 0 Å². The molecule has 4 nitrogen and oxygen atoms in total. The van der Waals surface area contributed by atoms with Crippen LogP contribution in [0.1, 0.15) is 36.9 Å². The molecule has 1 fully saturated rings. The summed E-state index contributed by atoms with van der Waals surface area (Å²) in [4.78, 5) is 18.6. The van der Waals surface area contributed by atoms with Crippen molar-refractivity contribution in [1.29, 1.82) is 0 Å². The van der Waals surface area contributed by atoms with Crippen LogP contribution in [-0.2, 0) is 22.5 Å². The predicted octanol–water partition coefficient (Wildman–Crippen LogP) is 2.48. The van der Waals surface area contributed by atoms with Gasteiger partial charge in [0.25, 0.3) is 0 Å². The SMILES string of the molecule is CCCc1nc(CN2CCCC(C(=O)OC)C2)cs1. The van der Waals surface area contributed by atoms with Crippen molar-refractivity contribution in [3.05, 3.63) is 16.1 Å². The zero-order valence-electron chi connectivity index (χ0n) is 11.7. The lowest BCUT2D eigenvalue weighted by molar-refractivity contribution is -0.147. The average molecular weight is 282 g/mol. The third-order valence-electron chi connectivity index (χ3n) is 3.49. The molecule has 1 atom stereocenters. The lowest BCUT2D eigenvalue weighted by Gasteiger charge is -2.30. The van der Waals surface area contributed by atoms with Gasteiger partial charge in [-0.3, -0.25) is 9.69 Å². The zero-order valence-corrected chi connectivity index (χ0v) is 12.5. The fourth-order valence-electron chi connectivity index (χ4n) is 2.54. The summed E-state index contributed by atoms with van der Waals surface area (Å²) in [7, 11) is 1.47. The second kappa shape index (κ2) is 7.01. The van der Waals surface area contributed by atoms with Crippen molar-refractivity contribution < 1.29 is 9.53 Å². The van der Waals surface area contributed by atoms with Gasteiger partial charge in [0.15, 0.2) is 0 Å². The smallest absolute Gasteiger partial charge is 0.309 e. The number of likely N-dealkylation sites (tertiary alicyclic amines) is 1. The fourth-order valence-corrected chi connectivity index (χ4v) is 3.43. The van der Waals surface area contributed by atoms with Gasteiger partial charge in [-0.1, -0.05) is 6.92 Å². The number of carbonyl (C=O) groups is 1. The van der Waals surface area contributed by atoms with E-state index in [1.165, 1.54) is 12.1 Å². The summed E-state index contributed by atoms with van der Waals surface area (Å²) >= 11 is 1.74. The molecule has 1 aliphatic rings. The first kappa shape index (κ1) is 14.5. The quantitative estimate of drug-likeness (QED) is 0.778. The van der Waals surface area contributed by atoms with Gasteiger partial charge in [0, 0.05) is 18.5 Å². The molecule has 0 aliphatic carbocycles. The van der Waals surface area contributed by atoms with E-state index in [0.717, 1.165) is 51.0 Å². The summed E-state index contributed by atoms with van der Waals surface area (Å²) in [6.07, 6.45) is 4.21. The molecule has 1 aliphatic heterocycles. The van der Waals surface area contributed by atoms with Crippen molar-refractivity contribution in [3.8, 4) is 0 Å². The van der Waals surface area contributed by atoms with Gasteiger partial charge in [0.05, 0.1) is 23.7 Å². The van der Waals surface area contributed by atoms with E-state index in [2.05, 4.69) is 22.2 Å². The molecule has 0 saturated carbocycles. The standard InChI is InChI=1S/C14H22N2O2S/c1-3-5-13-15-12(10-19-13)9-16-7-4-6-11(8-16)14(17)18-2/h10-11H,3-9H2,1-2H3. The van der Waals surface area contributed by atoms with Gasteiger partial charge >= 0.3 is 5.97 Å². The third-order valence-corrected chi connectivity index (χ3v) is 4.45. The monoisotopic (exact) mass is 282 g/mol. The molecule has 1 unspecified atom stereocenters. The number of thiazole rings is 1. The Kier molecular flexibility index (Phi) is 5.34. The van der Waals surface area contributed by atoms with Crippen LogP contribution in [-0.4, -0.2) is 36.1 Å². The van der Waals surface area contributed by atoms with Crippen molar-refractivity contribution in [1.82, 2.24) is 9.88 Å². The Morgan fingerprint density at radius 1 is 1.63 bits per heavy atom. The van der Waals surface area contributed by atoms with E-state index in [4.69, 9.17) is 4.74 Å². The van der Waals surface area contributed by atoms with Crippen molar-refractivity contribution in [3.63, 3.8) is 0 Å². The minimum atomic E-state index is -0.0744. The molecule has 1 saturated heterocycles. The number of nitrogens with zero attached hydrogens (tertiary/aromatic N) is 2. The highest BCUT2D eigenvalue weighted by Gasteiger charge is 2.26. The summed E-state index contributed by atoms with van der Waals surface area (Å²) in [6, 6.07) is 0. The molecule has 0 bridgehead atoms. The molecular weight excluding hydrogens is 260 g/mol. The van der Waals surface area contributed by atoms with Gasteiger partial charge in [-0.05, 0) is 32.2 Å². The van der Waals surface area contributed by atoms with Crippen LogP contribution in [0.15, 0.2) is 5.38 Å². The molecule has 2 heterocycles. The number of carbonyl (C=O) groups excluding carboxylic acids is 1. The number of esters is 1. The first-order valence-electron chi connectivity index (χ1n) is 6.96. The summed E-state index contributed by atoms with van der Waals surface area (Å²) in [5, 5.41) is 3.37. The van der Waals surface area contributed by atoms with E-state index in [1.54, 1.807) is 11.3 Å². The lowest BCUT2D eigenvalue weighted by atomic mass is 9.98. The molecule has 5 heteroatoms. The van der Waals surface area contributed by atoms with Crippen LogP contribution in [0.4, 0.5) is 0 Å². The number of aromatic nitrogens is 1. The Hall–Kier alpha value is -0.940. The molecular formula is C14H22N2O2S. The fraction of sp³-hybridized carbons (Fsp3) is 0.714. The van der Waals surface area contributed by atoms with Gasteiger partial charge in [-0.25, -0.2) is 4.98 Å². The summed E-state index contributed by atoms with van der Waals surface area (Å²) in [5.41, 5.74) is 1.14. The number of piperidine rings is 1. The number of hydrogen-bond acceptors (Lipinski definition) is 5. The summed E-state index contributed by atoms with van der Waals surface area (Å²) < 4.78 is 4.85. The average Bonchev–Trinajstić information content (AvgIpc) is 2.86. The highest BCUT2D eigenvalue weighted by molar-refractivity contribution is 7.09. The van der Waals surface area contributed by atoms with Crippen LogP contribution in [0.2, 0.25) is 0 Å². The Bertz CT molecular complexity index is 419. The van der Waals surface area contributed by atoms with E-state index in [0.29, 0.717) is 0 Å². The molecule has 0 amide bonds. The molecule has 19 heavy (non-hydrogen) atoms. The topological polar surface area (TPSA) is 42.4 Å². The van der Waals surface area contributed by atoms with Crippen molar-refractivity contribution in [2.24, 2.45) is 5.92 Å². The Morgan fingerprint density at radius 2 is 2.47 bits per heavy atom. The van der Waals surface area contributed by atoms with Gasteiger partial charge in [0.2, 0.25) is 0 Å². The van der Waals surface area contributed by atoms with Crippen molar-refractivity contribution in [2.45, 2.75) is 39.2 Å². The number of hydrogen-bond donors (Lipinski definition) is 0. The third kappa shape index (κ3) is 4.01. The molecule has 0 aromatic carbocycles. The number of ether oxygens (including phenoxy) is 1. The maximum absolute atomic E-state index is 11.6. The second-order valence-electron chi connectivity index (χ2n) is 5.08. The second-order valence-corrected chi connectivity index (χ2v) is 6.02. The van der Waals surface area contributed by atoms with Crippen LogP contribution in [0, 0.1) is 5.92 Å². The van der Waals surface area contributed by atoms with Crippen molar-refractivity contribution >= 4 is 17.3 Å². The van der Waals surface area contributed by atoms with Crippen LogP contribution < -0.4 is 0 Å². The number of rotatable bonds is 5. The molecule has 2 rings (SSSR count). The minimum Gasteiger partial charge on any atom is -0.469 e. The lowest BCUT2D eigenvalue weighted by Crippen LogP contribution is -2.38. The summed E-state index contributed by atoms with van der Waals surface area (Å²) in [5.74, 6) is -0.0397. The van der Waals surface area contributed by atoms with Gasteiger partial charge in [0.1, 0.15) is 0 Å².